The van der Waals surface area contributed by atoms with Crippen LogP contribution < -0.4 is 15.4 Å². The number of carbonyl (C=O) groups is 2. The fourth-order valence-corrected chi connectivity index (χ4v) is 4.29. The third kappa shape index (κ3) is 3.61. The lowest BCUT2D eigenvalue weighted by Crippen LogP contribution is -2.35. The molecule has 1 amide bonds. The number of carbonyl (C=O) groups excluding carboxylic acids is 2. The number of ether oxygens (including phenoxy) is 1. The summed E-state index contributed by atoms with van der Waals surface area (Å²) in [6, 6.07) is 11.3. The Labute approximate surface area is 176 Å². The average molecular weight is 403 g/mol. The Bertz CT molecular complexity index is 1080. The first-order valence-corrected chi connectivity index (χ1v) is 10.1. The molecular formula is C24H25N3O3. The molecule has 0 fully saturated rings. The lowest BCUT2D eigenvalue weighted by molar-refractivity contribution is -0.116. The number of amides is 1. The maximum absolute atomic E-state index is 13.4. The standard InChI is InChI=1S/C24H25N3O3/c1-14-11-12-25-20(13-14)27-24(29)21-15(2)26-17-8-6-9-18(28)23(17)22(21)16-7-4-5-10-19(16)30-3/h4-5,7,10-13,22,26H,6,8-9H2,1-3H3,(H,25,27,29). The predicted octanol–water partition coefficient (Wildman–Crippen LogP) is 4.01. The van der Waals surface area contributed by atoms with Gasteiger partial charge in [0.15, 0.2) is 5.78 Å². The number of benzene rings is 1. The van der Waals surface area contributed by atoms with Crippen LogP contribution in [-0.4, -0.2) is 23.8 Å². The fourth-order valence-electron chi connectivity index (χ4n) is 4.29. The third-order valence-electron chi connectivity index (χ3n) is 5.63. The van der Waals surface area contributed by atoms with Crippen LogP contribution in [0, 0.1) is 6.92 Å². The molecule has 2 heterocycles. The van der Waals surface area contributed by atoms with Gasteiger partial charge in [-0.3, -0.25) is 9.59 Å². The molecule has 2 aromatic rings. The summed E-state index contributed by atoms with van der Waals surface area (Å²) in [5, 5.41) is 6.24. The van der Waals surface area contributed by atoms with Crippen LogP contribution in [-0.2, 0) is 9.59 Å². The van der Waals surface area contributed by atoms with Gasteiger partial charge in [-0.25, -0.2) is 4.98 Å². The van der Waals surface area contributed by atoms with Crippen molar-refractivity contribution in [3.8, 4) is 5.75 Å². The first-order valence-electron chi connectivity index (χ1n) is 10.1. The van der Waals surface area contributed by atoms with E-state index in [0.717, 1.165) is 35.4 Å². The summed E-state index contributed by atoms with van der Waals surface area (Å²) in [4.78, 5) is 30.7. The van der Waals surface area contributed by atoms with Gasteiger partial charge >= 0.3 is 0 Å². The summed E-state index contributed by atoms with van der Waals surface area (Å²) in [6.45, 7) is 3.82. The van der Waals surface area contributed by atoms with Gasteiger partial charge in [-0.2, -0.15) is 0 Å². The van der Waals surface area contributed by atoms with Crippen LogP contribution in [0.1, 0.15) is 43.2 Å². The number of dihydropyridines is 1. The van der Waals surface area contributed by atoms with E-state index in [1.807, 2.05) is 50.2 Å². The molecule has 1 aromatic heterocycles. The van der Waals surface area contributed by atoms with Crippen molar-refractivity contribution >= 4 is 17.5 Å². The first kappa shape index (κ1) is 19.9. The summed E-state index contributed by atoms with van der Waals surface area (Å²) >= 11 is 0. The largest absolute Gasteiger partial charge is 0.496 e. The summed E-state index contributed by atoms with van der Waals surface area (Å²) in [5.74, 6) is 0.440. The van der Waals surface area contributed by atoms with Gasteiger partial charge < -0.3 is 15.4 Å². The molecule has 1 unspecified atom stereocenters. The maximum Gasteiger partial charge on any atom is 0.255 e. The molecule has 154 valence electrons. The van der Waals surface area contributed by atoms with Crippen LogP contribution in [0.25, 0.3) is 0 Å². The predicted molar refractivity (Wildman–Crippen MR) is 115 cm³/mol. The van der Waals surface area contributed by atoms with Crippen molar-refractivity contribution in [3.63, 3.8) is 0 Å². The van der Waals surface area contributed by atoms with Crippen molar-refractivity contribution in [1.29, 1.82) is 0 Å². The number of pyridine rings is 1. The Morgan fingerprint density at radius 3 is 2.77 bits per heavy atom. The molecule has 0 saturated carbocycles. The molecule has 1 aliphatic carbocycles. The van der Waals surface area contributed by atoms with E-state index in [2.05, 4.69) is 15.6 Å². The fraction of sp³-hybridized carbons (Fsp3) is 0.292. The molecule has 1 aliphatic heterocycles. The van der Waals surface area contributed by atoms with Crippen LogP contribution >= 0.6 is 0 Å². The van der Waals surface area contributed by atoms with Gasteiger partial charge in [-0.15, -0.1) is 0 Å². The minimum atomic E-state index is -0.491. The topological polar surface area (TPSA) is 80.3 Å². The van der Waals surface area contributed by atoms with Crippen LogP contribution in [0.3, 0.4) is 0 Å². The van der Waals surface area contributed by atoms with Gasteiger partial charge in [0, 0.05) is 40.7 Å². The Morgan fingerprint density at radius 2 is 2.00 bits per heavy atom. The molecule has 0 spiro atoms. The third-order valence-corrected chi connectivity index (χ3v) is 5.63. The Morgan fingerprint density at radius 1 is 1.20 bits per heavy atom. The average Bonchev–Trinajstić information content (AvgIpc) is 2.72. The van der Waals surface area contributed by atoms with Crippen molar-refractivity contribution in [2.75, 3.05) is 12.4 Å². The summed E-state index contributed by atoms with van der Waals surface area (Å²) in [6.07, 6.45) is 3.75. The van der Waals surface area contributed by atoms with Crippen molar-refractivity contribution in [2.45, 2.75) is 39.0 Å². The number of aryl methyl sites for hydroxylation is 1. The minimum Gasteiger partial charge on any atom is -0.496 e. The van der Waals surface area contributed by atoms with E-state index >= 15 is 0 Å². The van der Waals surface area contributed by atoms with Gasteiger partial charge in [-0.05, 0) is 50.5 Å². The number of rotatable bonds is 4. The monoisotopic (exact) mass is 403 g/mol. The van der Waals surface area contributed by atoms with Crippen molar-refractivity contribution in [3.05, 3.63) is 76.3 Å². The number of anilines is 1. The molecule has 4 rings (SSSR count). The van der Waals surface area contributed by atoms with Crippen LogP contribution in [0.4, 0.5) is 5.82 Å². The molecule has 1 atom stereocenters. The van der Waals surface area contributed by atoms with Gasteiger partial charge in [0.2, 0.25) is 0 Å². The Kier molecular flexibility index (Phi) is 5.40. The molecule has 6 heteroatoms. The van der Waals surface area contributed by atoms with E-state index in [0.29, 0.717) is 29.1 Å². The zero-order valence-corrected chi connectivity index (χ0v) is 17.4. The van der Waals surface area contributed by atoms with Crippen molar-refractivity contribution in [2.24, 2.45) is 0 Å². The number of nitrogens with one attached hydrogen (secondary N) is 2. The second kappa shape index (κ2) is 8.14. The molecule has 2 aliphatic rings. The van der Waals surface area contributed by atoms with E-state index in [1.165, 1.54) is 0 Å². The van der Waals surface area contributed by atoms with Crippen molar-refractivity contribution < 1.29 is 14.3 Å². The zero-order chi connectivity index (χ0) is 21.3. The lowest BCUT2D eigenvalue weighted by atomic mass is 9.74. The number of aromatic nitrogens is 1. The number of para-hydroxylation sites is 1. The van der Waals surface area contributed by atoms with Crippen molar-refractivity contribution in [1.82, 2.24) is 10.3 Å². The summed E-state index contributed by atoms with van der Waals surface area (Å²) < 4.78 is 5.59. The first-order chi connectivity index (χ1) is 14.5. The van der Waals surface area contributed by atoms with E-state index < -0.39 is 5.92 Å². The van der Waals surface area contributed by atoms with Gasteiger partial charge in [-0.1, -0.05) is 18.2 Å². The van der Waals surface area contributed by atoms with Gasteiger partial charge in [0.25, 0.3) is 5.91 Å². The van der Waals surface area contributed by atoms with Gasteiger partial charge in [0.1, 0.15) is 11.6 Å². The van der Waals surface area contributed by atoms with E-state index in [-0.39, 0.29) is 11.7 Å². The number of Topliss-reactive ketones (excluding diaryl/α,β-unsaturated/α-hetero) is 1. The maximum atomic E-state index is 13.4. The van der Waals surface area contributed by atoms with E-state index in [9.17, 15) is 9.59 Å². The second-order valence-electron chi connectivity index (χ2n) is 7.68. The number of hydrogen-bond acceptors (Lipinski definition) is 5. The highest BCUT2D eigenvalue weighted by Gasteiger charge is 2.39. The SMILES string of the molecule is COc1ccccc1C1C(C(=O)Nc2cc(C)ccn2)=C(C)NC2=C1C(=O)CCC2. The highest BCUT2D eigenvalue weighted by atomic mass is 16.5. The molecule has 30 heavy (non-hydrogen) atoms. The zero-order valence-electron chi connectivity index (χ0n) is 17.4. The molecule has 0 bridgehead atoms. The number of hydrogen-bond donors (Lipinski definition) is 2. The van der Waals surface area contributed by atoms with Crippen LogP contribution in [0.15, 0.2) is 65.1 Å². The van der Waals surface area contributed by atoms with Crippen LogP contribution in [0.5, 0.6) is 5.75 Å². The number of nitrogens with zero attached hydrogens (tertiary/aromatic N) is 1. The minimum absolute atomic E-state index is 0.0751. The summed E-state index contributed by atoms with van der Waals surface area (Å²) in [5.41, 5.74) is 4.64. The highest BCUT2D eigenvalue weighted by molar-refractivity contribution is 6.09. The molecular weight excluding hydrogens is 378 g/mol. The highest BCUT2D eigenvalue weighted by Crippen LogP contribution is 2.45. The Balaban J connectivity index is 1.82. The normalized spacial score (nSPS) is 18.6. The molecule has 0 saturated heterocycles. The summed E-state index contributed by atoms with van der Waals surface area (Å²) in [7, 11) is 1.60. The Hall–Kier alpha value is -3.41. The quantitative estimate of drug-likeness (QED) is 0.806. The molecule has 2 N–H and O–H groups in total. The molecule has 6 nitrogen and oxygen atoms in total. The number of ketones is 1. The molecule has 0 radical (unpaired) electrons. The molecule has 1 aromatic carbocycles. The van der Waals surface area contributed by atoms with Crippen LogP contribution in [0.2, 0.25) is 0 Å². The number of allylic oxidation sites excluding steroid dienone is 3. The lowest BCUT2D eigenvalue weighted by Gasteiger charge is -2.35. The number of methoxy groups -OCH3 is 1. The van der Waals surface area contributed by atoms with E-state index in [4.69, 9.17) is 4.74 Å². The van der Waals surface area contributed by atoms with Gasteiger partial charge in [0.05, 0.1) is 13.0 Å². The smallest absolute Gasteiger partial charge is 0.255 e. The second-order valence-corrected chi connectivity index (χ2v) is 7.68. The van der Waals surface area contributed by atoms with E-state index in [1.54, 1.807) is 13.3 Å².